The van der Waals surface area contributed by atoms with E-state index in [4.69, 9.17) is 9.47 Å². The van der Waals surface area contributed by atoms with Gasteiger partial charge in [-0.1, -0.05) is 17.2 Å². The molecule has 1 aliphatic carbocycles. The van der Waals surface area contributed by atoms with E-state index < -0.39 is 0 Å². The fourth-order valence-corrected chi connectivity index (χ4v) is 4.31. The van der Waals surface area contributed by atoms with Crippen LogP contribution in [0, 0.1) is 0 Å². The number of carbonyl (C=O) groups is 1. The summed E-state index contributed by atoms with van der Waals surface area (Å²) in [6.45, 7) is 0.503. The Kier molecular flexibility index (Phi) is 4.32. The lowest BCUT2D eigenvalue weighted by Gasteiger charge is -2.36. The Labute approximate surface area is 149 Å². The molecule has 1 aromatic carbocycles. The molecule has 134 valence electrons. The molecule has 0 radical (unpaired) electrons. The smallest absolute Gasteiger partial charge is 0.318 e. The van der Waals surface area contributed by atoms with Gasteiger partial charge in [0.25, 0.3) is 0 Å². The lowest BCUT2D eigenvalue weighted by atomic mass is 9.96. The number of amides is 2. The second-order valence-electron chi connectivity index (χ2n) is 7.26. The molecule has 25 heavy (non-hydrogen) atoms. The first-order chi connectivity index (χ1) is 12.2. The summed E-state index contributed by atoms with van der Waals surface area (Å²) >= 11 is 0. The molecule has 1 saturated carbocycles. The molecule has 1 aromatic rings. The largest absolute Gasteiger partial charge is 0.493 e. The van der Waals surface area contributed by atoms with Crippen molar-refractivity contribution in [3.8, 4) is 11.5 Å². The van der Waals surface area contributed by atoms with Gasteiger partial charge in [0.15, 0.2) is 11.5 Å². The molecule has 4 rings (SSSR count). The number of benzene rings is 1. The third kappa shape index (κ3) is 3.20. The lowest BCUT2D eigenvalue weighted by molar-refractivity contribution is 0.160. The maximum absolute atomic E-state index is 12.7. The number of carbonyl (C=O) groups excluding carboxylic acids is 1. The van der Waals surface area contributed by atoms with Gasteiger partial charge in [-0.2, -0.15) is 0 Å². The van der Waals surface area contributed by atoms with E-state index >= 15 is 0 Å². The highest BCUT2D eigenvalue weighted by Crippen LogP contribution is 2.44. The van der Waals surface area contributed by atoms with Crippen LogP contribution in [0.4, 0.5) is 4.79 Å². The van der Waals surface area contributed by atoms with Crippen molar-refractivity contribution in [1.82, 2.24) is 10.2 Å². The van der Waals surface area contributed by atoms with Crippen molar-refractivity contribution >= 4 is 6.03 Å². The minimum absolute atomic E-state index is 0.0714. The first-order valence-electron chi connectivity index (χ1n) is 9.16. The molecule has 0 spiro atoms. The molecule has 2 saturated heterocycles. The topological polar surface area (TPSA) is 50.8 Å². The highest BCUT2D eigenvalue weighted by Gasteiger charge is 2.42. The number of nitrogens with zero attached hydrogens (tertiary/aromatic N) is 1. The maximum Gasteiger partial charge on any atom is 0.318 e. The Hall–Kier alpha value is -2.17. The molecule has 5 heteroatoms. The Morgan fingerprint density at radius 2 is 1.76 bits per heavy atom. The SMILES string of the molecule is COc1ccc(CNC(=O)N2C3CCC2CC(=C2CC2)C3)cc1OC. The van der Waals surface area contributed by atoms with Crippen LogP contribution in [0.25, 0.3) is 0 Å². The Morgan fingerprint density at radius 1 is 1.08 bits per heavy atom. The predicted octanol–water partition coefficient (Wildman–Crippen LogP) is 3.63. The maximum atomic E-state index is 12.7. The van der Waals surface area contributed by atoms with Crippen molar-refractivity contribution < 1.29 is 14.3 Å². The first kappa shape index (κ1) is 16.3. The second kappa shape index (κ2) is 6.62. The lowest BCUT2D eigenvalue weighted by Crippen LogP contribution is -2.49. The molecule has 3 fully saturated rings. The Bertz CT molecular complexity index is 691. The van der Waals surface area contributed by atoms with Crippen LogP contribution in [0.1, 0.15) is 44.1 Å². The number of allylic oxidation sites excluding steroid dienone is 1. The van der Waals surface area contributed by atoms with E-state index in [9.17, 15) is 4.79 Å². The molecule has 2 unspecified atom stereocenters. The fourth-order valence-electron chi connectivity index (χ4n) is 4.31. The van der Waals surface area contributed by atoms with Crippen molar-refractivity contribution in [3.05, 3.63) is 34.9 Å². The average Bonchev–Trinajstić information content (AvgIpc) is 3.45. The highest BCUT2D eigenvalue weighted by atomic mass is 16.5. The molecule has 2 atom stereocenters. The Morgan fingerprint density at radius 3 is 2.36 bits per heavy atom. The summed E-state index contributed by atoms with van der Waals surface area (Å²) in [6.07, 6.45) is 7.06. The number of hydrogen-bond donors (Lipinski definition) is 1. The summed E-state index contributed by atoms with van der Waals surface area (Å²) in [5.41, 5.74) is 4.33. The van der Waals surface area contributed by atoms with Gasteiger partial charge in [0, 0.05) is 18.6 Å². The number of nitrogens with one attached hydrogen (secondary N) is 1. The first-order valence-corrected chi connectivity index (χ1v) is 9.16. The number of fused-ring (bicyclic) bond motifs is 2. The minimum atomic E-state index is 0.0714. The number of methoxy groups -OCH3 is 2. The highest BCUT2D eigenvalue weighted by molar-refractivity contribution is 5.75. The van der Waals surface area contributed by atoms with Crippen LogP contribution in [-0.4, -0.2) is 37.2 Å². The molecular weight excluding hydrogens is 316 g/mol. The van der Waals surface area contributed by atoms with Gasteiger partial charge in [0.2, 0.25) is 0 Å². The van der Waals surface area contributed by atoms with E-state index in [1.165, 1.54) is 12.8 Å². The fraction of sp³-hybridized carbons (Fsp3) is 0.550. The predicted molar refractivity (Wildman–Crippen MR) is 95.9 cm³/mol. The molecule has 2 heterocycles. The van der Waals surface area contributed by atoms with Gasteiger partial charge in [0.05, 0.1) is 14.2 Å². The molecule has 2 amide bonds. The van der Waals surface area contributed by atoms with E-state index in [0.29, 0.717) is 30.1 Å². The van der Waals surface area contributed by atoms with E-state index in [0.717, 1.165) is 31.2 Å². The van der Waals surface area contributed by atoms with Crippen LogP contribution in [0.3, 0.4) is 0 Å². The summed E-state index contributed by atoms with van der Waals surface area (Å²) in [7, 11) is 3.24. The molecule has 2 bridgehead atoms. The summed E-state index contributed by atoms with van der Waals surface area (Å²) in [5.74, 6) is 1.39. The summed E-state index contributed by atoms with van der Waals surface area (Å²) in [6, 6.07) is 6.61. The normalized spacial score (nSPS) is 24.3. The van der Waals surface area contributed by atoms with E-state index in [2.05, 4.69) is 10.2 Å². The van der Waals surface area contributed by atoms with Crippen molar-refractivity contribution in [1.29, 1.82) is 0 Å². The van der Waals surface area contributed by atoms with Gasteiger partial charge in [-0.25, -0.2) is 4.79 Å². The zero-order chi connectivity index (χ0) is 17.4. The van der Waals surface area contributed by atoms with Gasteiger partial charge in [-0.15, -0.1) is 0 Å². The van der Waals surface area contributed by atoms with Crippen LogP contribution in [0.2, 0.25) is 0 Å². The van der Waals surface area contributed by atoms with Gasteiger partial charge < -0.3 is 19.7 Å². The molecule has 1 N–H and O–H groups in total. The molecule has 2 aliphatic heterocycles. The number of rotatable bonds is 4. The standard InChI is InChI=1S/C20H26N2O3/c1-24-18-8-3-13(9-19(18)25-2)12-21-20(23)22-16-6-7-17(22)11-15(10-16)14-4-5-14/h3,8-9,16-17H,4-7,10-12H2,1-2H3,(H,21,23). The monoisotopic (exact) mass is 342 g/mol. The van der Waals surface area contributed by atoms with E-state index in [1.807, 2.05) is 18.2 Å². The van der Waals surface area contributed by atoms with Gasteiger partial charge >= 0.3 is 6.03 Å². The quantitative estimate of drug-likeness (QED) is 0.850. The van der Waals surface area contributed by atoms with Gasteiger partial charge in [-0.05, 0) is 56.2 Å². The number of ether oxygens (including phenoxy) is 2. The van der Waals surface area contributed by atoms with Crippen molar-refractivity contribution in [2.75, 3.05) is 14.2 Å². The molecular formula is C20H26N2O3. The number of hydrogen-bond acceptors (Lipinski definition) is 3. The number of urea groups is 1. The van der Waals surface area contributed by atoms with Crippen LogP contribution in [0.15, 0.2) is 29.3 Å². The van der Waals surface area contributed by atoms with E-state index in [-0.39, 0.29) is 6.03 Å². The summed E-state index contributed by atoms with van der Waals surface area (Å²) in [4.78, 5) is 14.8. The van der Waals surface area contributed by atoms with Crippen LogP contribution in [-0.2, 0) is 6.54 Å². The van der Waals surface area contributed by atoms with Gasteiger partial charge in [0.1, 0.15) is 0 Å². The summed E-state index contributed by atoms with van der Waals surface area (Å²) < 4.78 is 10.6. The van der Waals surface area contributed by atoms with Crippen molar-refractivity contribution in [2.45, 2.75) is 57.2 Å². The molecule has 3 aliphatic rings. The van der Waals surface area contributed by atoms with Crippen LogP contribution in [0.5, 0.6) is 11.5 Å². The summed E-state index contributed by atoms with van der Waals surface area (Å²) in [5, 5.41) is 3.09. The zero-order valence-electron chi connectivity index (χ0n) is 15.0. The van der Waals surface area contributed by atoms with E-state index in [1.54, 1.807) is 25.4 Å². The van der Waals surface area contributed by atoms with Crippen LogP contribution < -0.4 is 14.8 Å². The molecule has 5 nitrogen and oxygen atoms in total. The number of piperidine rings is 1. The minimum Gasteiger partial charge on any atom is -0.493 e. The zero-order valence-corrected chi connectivity index (χ0v) is 15.0. The van der Waals surface area contributed by atoms with Crippen molar-refractivity contribution in [3.63, 3.8) is 0 Å². The third-order valence-corrected chi connectivity index (χ3v) is 5.71. The van der Waals surface area contributed by atoms with Crippen molar-refractivity contribution in [2.24, 2.45) is 0 Å². The molecule has 0 aromatic heterocycles. The second-order valence-corrected chi connectivity index (χ2v) is 7.26. The van der Waals surface area contributed by atoms with Gasteiger partial charge in [-0.3, -0.25) is 0 Å². The van der Waals surface area contributed by atoms with Crippen LogP contribution >= 0.6 is 0 Å². The average molecular weight is 342 g/mol. The third-order valence-electron chi connectivity index (χ3n) is 5.71. The Balaban J connectivity index is 1.39.